The van der Waals surface area contributed by atoms with E-state index in [4.69, 9.17) is 0 Å². The minimum atomic E-state index is -0.0637. The van der Waals surface area contributed by atoms with E-state index >= 15 is 0 Å². The first-order valence-corrected chi connectivity index (χ1v) is 4.95. The van der Waals surface area contributed by atoms with E-state index in [0.29, 0.717) is 5.69 Å². The number of carbonyl (C=O) groups excluding carboxylic acids is 1. The third-order valence-corrected chi connectivity index (χ3v) is 2.18. The molecule has 0 amide bonds. The van der Waals surface area contributed by atoms with Crippen LogP contribution in [-0.4, -0.2) is 25.5 Å². The normalized spacial score (nSPS) is 10.4. The van der Waals surface area contributed by atoms with E-state index in [1.165, 1.54) is 6.20 Å². The monoisotopic (exact) mass is 216 g/mol. The molecule has 0 radical (unpaired) electrons. The van der Waals surface area contributed by atoms with Crippen LogP contribution in [0.4, 0.5) is 0 Å². The van der Waals surface area contributed by atoms with E-state index in [0.717, 1.165) is 11.4 Å². The molecule has 0 spiro atoms. The molecule has 16 heavy (non-hydrogen) atoms. The van der Waals surface area contributed by atoms with Gasteiger partial charge in [-0.25, -0.2) is 4.98 Å². The van der Waals surface area contributed by atoms with Gasteiger partial charge in [-0.15, -0.1) is 0 Å². The fourth-order valence-electron chi connectivity index (χ4n) is 1.35. The fourth-order valence-corrected chi connectivity index (χ4v) is 1.35. The molecule has 0 unspecified atom stereocenters. The Bertz CT molecular complexity index is 501. The van der Waals surface area contributed by atoms with Crippen molar-refractivity contribution in [1.29, 1.82) is 0 Å². The summed E-state index contributed by atoms with van der Waals surface area (Å²) >= 11 is 0. The van der Waals surface area contributed by atoms with E-state index in [2.05, 4.69) is 15.1 Å². The van der Waals surface area contributed by atoms with Crippen LogP contribution < -0.4 is 0 Å². The molecule has 0 bridgehead atoms. The molecule has 0 saturated heterocycles. The average molecular weight is 216 g/mol. The minimum absolute atomic E-state index is 0.0637. The van der Waals surface area contributed by atoms with Crippen LogP contribution in [-0.2, 0) is 13.5 Å². The van der Waals surface area contributed by atoms with Crippen molar-refractivity contribution in [2.24, 2.45) is 7.05 Å². The molecule has 0 aromatic carbocycles. The van der Waals surface area contributed by atoms with Gasteiger partial charge in [0.1, 0.15) is 5.69 Å². The van der Waals surface area contributed by atoms with Crippen LogP contribution in [0.15, 0.2) is 24.7 Å². The first-order valence-electron chi connectivity index (χ1n) is 4.95. The van der Waals surface area contributed by atoms with E-state index < -0.39 is 0 Å². The van der Waals surface area contributed by atoms with Gasteiger partial charge in [0.2, 0.25) is 0 Å². The van der Waals surface area contributed by atoms with Gasteiger partial charge in [-0.05, 0) is 13.0 Å². The van der Waals surface area contributed by atoms with Gasteiger partial charge in [-0.3, -0.25) is 14.5 Å². The lowest BCUT2D eigenvalue weighted by Crippen LogP contribution is -2.07. The molecule has 2 heterocycles. The van der Waals surface area contributed by atoms with Crippen LogP contribution in [0.25, 0.3) is 0 Å². The Morgan fingerprint density at radius 1 is 1.38 bits per heavy atom. The third kappa shape index (κ3) is 2.31. The Kier molecular flexibility index (Phi) is 2.76. The minimum Gasteiger partial charge on any atom is -0.292 e. The van der Waals surface area contributed by atoms with Gasteiger partial charge in [0, 0.05) is 19.4 Å². The highest BCUT2D eigenvalue weighted by molar-refractivity contribution is 5.95. The molecule has 0 saturated carbocycles. The van der Waals surface area contributed by atoms with Gasteiger partial charge in [-0.2, -0.15) is 5.10 Å². The molecule has 82 valence electrons. The molecule has 2 aromatic rings. The highest BCUT2D eigenvalue weighted by Crippen LogP contribution is 2.02. The number of hydrogen-bond acceptors (Lipinski definition) is 4. The molecular formula is C11H12N4O. The predicted molar refractivity (Wildman–Crippen MR) is 58.0 cm³/mol. The summed E-state index contributed by atoms with van der Waals surface area (Å²) in [6, 6.07) is 1.82. The lowest BCUT2D eigenvalue weighted by molar-refractivity contribution is 0.0986. The number of Topliss-reactive ketones (excluding diaryl/α,β-unsaturated/α-hetero) is 1. The summed E-state index contributed by atoms with van der Waals surface area (Å²) < 4.78 is 1.67. The van der Waals surface area contributed by atoms with Crippen molar-refractivity contribution in [2.45, 2.75) is 13.3 Å². The smallest absolute Gasteiger partial charge is 0.188 e. The Hall–Kier alpha value is -2.04. The van der Waals surface area contributed by atoms with Crippen molar-refractivity contribution < 1.29 is 4.79 Å². The number of rotatable bonds is 3. The highest BCUT2D eigenvalue weighted by atomic mass is 16.1. The van der Waals surface area contributed by atoms with E-state index in [1.54, 1.807) is 10.9 Å². The summed E-state index contributed by atoms with van der Waals surface area (Å²) in [6.07, 6.45) is 5.16. The second kappa shape index (κ2) is 4.22. The largest absolute Gasteiger partial charge is 0.292 e. The summed E-state index contributed by atoms with van der Waals surface area (Å²) in [5.74, 6) is -0.0637. The molecule has 0 aliphatic rings. The zero-order chi connectivity index (χ0) is 11.5. The predicted octanol–water partition coefficient (Wildman–Crippen LogP) is 0.944. The molecule has 0 atom stereocenters. The molecule has 2 rings (SSSR count). The highest BCUT2D eigenvalue weighted by Gasteiger charge is 2.10. The second-order valence-corrected chi connectivity index (χ2v) is 3.62. The summed E-state index contributed by atoms with van der Waals surface area (Å²) in [7, 11) is 1.82. The number of aromatic nitrogens is 4. The zero-order valence-electron chi connectivity index (χ0n) is 9.21. The van der Waals surface area contributed by atoms with Crippen LogP contribution in [0.3, 0.4) is 0 Å². The number of aryl methyl sites for hydroxylation is 2. The summed E-state index contributed by atoms with van der Waals surface area (Å²) in [5, 5.41) is 4.14. The SMILES string of the molecule is Cc1cnc(C(=O)Cc2ccn(C)n2)cn1. The Morgan fingerprint density at radius 2 is 2.19 bits per heavy atom. The molecule has 0 N–H and O–H groups in total. The first-order chi connectivity index (χ1) is 7.65. The summed E-state index contributed by atoms with van der Waals surface area (Å²) in [5.41, 5.74) is 1.93. The maximum Gasteiger partial charge on any atom is 0.188 e. The van der Waals surface area contributed by atoms with E-state index in [9.17, 15) is 4.79 Å². The fraction of sp³-hybridized carbons (Fsp3) is 0.273. The van der Waals surface area contributed by atoms with Crippen molar-refractivity contribution >= 4 is 5.78 Å². The number of carbonyl (C=O) groups is 1. The maximum atomic E-state index is 11.8. The summed E-state index contributed by atoms with van der Waals surface area (Å²) in [6.45, 7) is 1.83. The summed E-state index contributed by atoms with van der Waals surface area (Å²) in [4.78, 5) is 19.9. The standard InChI is InChI=1S/C11H12N4O/c1-8-6-13-10(7-12-8)11(16)5-9-3-4-15(2)14-9/h3-4,6-7H,5H2,1-2H3. The molecule has 0 aliphatic carbocycles. The maximum absolute atomic E-state index is 11.8. The number of ketones is 1. The number of nitrogens with zero attached hydrogens (tertiary/aromatic N) is 4. The molecular weight excluding hydrogens is 204 g/mol. The molecule has 5 heteroatoms. The molecule has 0 fully saturated rings. The third-order valence-electron chi connectivity index (χ3n) is 2.18. The van der Waals surface area contributed by atoms with Gasteiger partial charge in [0.15, 0.2) is 5.78 Å². The van der Waals surface area contributed by atoms with Crippen molar-refractivity contribution in [1.82, 2.24) is 19.7 Å². The van der Waals surface area contributed by atoms with Crippen LogP contribution >= 0.6 is 0 Å². The first kappa shape index (κ1) is 10.5. The van der Waals surface area contributed by atoms with Gasteiger partial charge in [0.05, 0.1) is 24.0 Å². The lowest BCUT2D eigenvalue weighted by Gasteiger charge is -1.97. The van der Waals surface area contributed by atoms with Crippen LogP contribution in [0.1, 0.15) is 21.9 Å². The Morgan fingerprint density at radius 3 is 2.75 bits per heavy atom. The van der Waals surface area contributed by atoms with Crippen molar-refractivity contribution in [3.8, 4) is 0 Å². The van der Waals surface area contributed by atoms with Gasteiger partial charge < -0.3 is 0 Å². The number of hydrogen-bond donors (Lipinski definition) is 0. The van der Waals surface area contributed by atoms with Gasteiger partial charge >= 0.3 is 0 Å². The van der Waals surface area contributed by atoms with Crippen LogP contribution in [0.2, 0.25) is 0 Å². The second-order valence-electron chi connectivity index (χ2n) is 3.62. The van der Waals surface area contributed by atoms with E-state index in [-0.39, 0.29) is 12.2 Å². The van der Waals surface area contributed by atoms with Gasteiger partial charge in [0.25, 0.3) is 0 Å². The van der Waals surface area contributed by atoms with E-state index in [1.807, 2.05) is 26.2 Å². The molecule has 5 nitrogen and oxygen atoms in total. The lowest BCUT2D eigenvalue weighted by atomic mass is 10.2. The average Bonchev–Trinajstić information content (AvgIpc) is 2.65. The molecule has 0 aliphatic heterocycles. The van der Waals surface area contributed by atoms with Gasteiger partial charge in [-0.1, -0.05) is 0 Å². The Balaban J connectivity index is 2.11. The zero-order valence-corrected chi connectivity index (χ0v) is 9.21. The topological polar surface area (TPSA) is 60.7 Å². The van der Waals surface area contributed by atoms with Crippen molar-refractivity contribution in [3.63, 3.8) is 0 Å². The van der Waals surface area contributed by atoms with Crippen molar-refractivity contribution in [2.75, 3.05) is 0 Å². The van der Waals surface area contributed by atoms with Crippen LogP contribution in [0, 0.1) is 6.92 Å². The molecule has 2 aromatic heterocycles. The quantitative estimate of drug-likeness (QED) is 0.716. The van der Waals surface area contributed by atoms with Crippen LogP contribution in [0.5, 0.6) is 0 Å². The Labute approximate surface area is 93.2 Å². The van der Waals surface area contributed by atoms with Crippen molar-refractivity contribution in [3.05, 3.63) is 41.7 Å².